The molecule has 0 aliphatic heterocycles. The summed E-state index contributed by atoms with van der Waals surface area (Å²) in [6.45, 7) is 16.7. The summed E-state index contributed by atoms with van der Waals surface area (Å²) in [6, 6.07) is 8.29. The van der Waals surface area contributed by atoms with E-state index in [1.165, 1.54) is 5.56 Å². The number of unbranched alkanes of at least 4 members (excludes halogenated alkanes) is 1. The van der Waals surface area contributed by atoms with Gasteiger partial charge in [-0.2, -0.15) is 0 Å². The third-order valence-corrected chi connectivity index (χ3v) is 4.65. The number of carbonyl (C=O) groups excluding carboxylic acids is 1. The van der Waals surface area contributed by atoms with Crippen LogP contribution in [0.2, 0.25) is 0 Å². The molecule has 0 fully saturated rings. The average Bonchev–Trinajstić information content (AvgIpc) is 2.64. The highest BCUT2D eigenvalue weighted by molar-refractivity contribution is 5.78. The van der Waals surface area contributed by atoms with Gasteiger partial charge in [0.1, 0.15) is 0 Å². The van der Waals surface area contributed by atoms with E-state index in [1.54, 1.807) is 7.05 Å². The van der Waals surface area contributed by atoms with Crippen molar-refractivity contribution in [3.8, 4) is 0 Å². The van der Waals surface area contributed by atoms with Gasteiger partial charge in [0, 0.05) is 25.2 Å². The lowest BCUT2D eigenvalue weighted by molar-refractivity contribution is -0.126. The van der Waals surface area contributed by atoms with Crippen molar-refractivity contribution >= 4 is 11.6 Å². The normalized spacial score (nSPS) is 11.4. The number of carbonyl (C=O) groups is 1. The van der Waals surface area contributed by atoms with Gasteiger partial charge in [-0.25, -0.2) is 0 Å². The third-order valence-electron chi connectivity index (χ3n) is 4.65. The van der Waals surface area contributed by atoms with E-state index in [2.05, 4.69) is 63.6 Å². The fraction of sp³-hybridized carbons (Fsp3) is 0.542. The van der Waals surface area contributed by atoms with Crippen LogP contribution in [0, 0.1) is 17.8 Å². The Morgan fingerprint density at radius 3 is 2.03 bits per heavy atom. The van der Waals surface area contributed by atoms with Crippen LogP contribution in [0.1, 0.15) is 58.1 Å². The maximum Gasteiger partial charge on any atom is 0.223 e. The molecule has 29 heavy (non-hydrogen) atoms. The fourth-order valence-electron chi connectivity index (χ4n) is 3.02. The van der Waals surface area contributed by atoms with E-state index in [4.69, 9.17) is 11.5 Å². The molecule has 1 aromatic rings. The summed E-state index contributed by atoms with van der Waals surface area (Å²) in [5.41, 5.74) is 14.0. The molecule has 164 valence electrons. The van der Waals surface area contributed by atoms with Gasteiger partial charge in [-0.05, 0) is 42.2 Å². The summed E-state index contributed by atoms with van der Waals surface area (Å²) >= 11 is 0. The molecule has 0 spiro atoms. The standard InChI is InChI=1S/C12H25N3O.C12H17N/c1-9(2)11(12(16)14-4)7-5-6-8-15-10(3)13;1-9(2)8-11-4-6-12(7-5-11)10(3)13/h9,11,15H,3,5-8,13H2,1-2,4H3,(H,14,16);4-7,9H,3,8,13H2,1-2H3/t11-;/m1./s1. The minimum atomic E-state index is 0.117. The minimum absolute atomic E-state index is 0.117. The molecule has 0 bridgehead atoms. The van der Waals surface area contributed by atoms with E-state index < -0.39 is 0 Å². The molecule has 0 heterocycles. The van der Waals surface area contributed by atoms with Gasteiger partial charge in [-0.15, -0.1) is 0 Å². The lowest BCUT2D eigenvalue weighted by Crippen LogP contribution is -2.31. The Morgan fingerprint density at radius 1 is 1.03 bits per heavy atom. The molecule has 1 amide bonds. The van der Waals surface area contributed by atoms with Crippen LogP contribution in [-0.4, -0.2) is 19.5 Å². The van der Waals surface area contributed by atoms with Crippen molar-refractivity contribution in [1.82, 2.24) is 10.6 Å². The zero-order valence-electron chi connectivity index (χ0n) is 19.1. The van der Waals surface area contributed by atoms with E-state index in [0.717, 1.165) is 37.8 Å². The maximum atomic E-state index is 11.6. The number of rotatable bonds is 11. The second-order valence-electron chi connectivity index (χ2n) is 8.23. The molecule has 0 unspecified atom stereocenters. The van der Waals surface area contributed by atoms with Gasteiger partial charge in [0.05, 0.1) is 5.82 Å². The van der Waals surface area contributed by atoms with Crippen LogP contribution in [0.25, 0.3) is 5.70 Å². The van der Waals surface area contributed by atoms with Crippen molar-refractivity contribution in [3.63, 3.8) is 0 Å². The van der Waals surface area contributed by atoms with E-state index in [0.29, 0.717) is 23.4 Å². The summed E-state index contributed by atoms with van der Waals surface area (Å²) in [4.78, 5) is 11.6. The predicted molar refractivity (Wildman–Crippen MR) is 126 cm³/mol. The van der Waals surface area contributed by atoms with Gasteiger partial charge in [0.2, 0.25) is 5.91 Å². The smallest absolute Gasteiger partial charge is 0.223 e. The van der Waals surface area contributed by atoms with Crippen LogP contribution in [0.5, 0.6) is 0 Å². The molecule has 0 radical (unpaired) electrons. The molecule has 1 rings (SSSR count). The molecule has 6 N–H and O–H groups in total. The van der Waals surface area contributed by atoms with Crippen LogP contribution in [-0.2, 0) is 11.2 Å². The lowest BCUT2D eigenvalue weighted by Gasteiger charge is -2.19. The van der Waals surface area contributed by atoms with Crippen molar-refractivity contribution in [2.24, 2.45) is 29.2 Å². The minimum Gasteiger partial charge on any atom is -0.399 e. The zero-order valence-corrected chi connectivity index (χ0v) is 19.1. The fourth-order valence-corrected chi connectivity index (χ4v) is 3.02. The Kier molecular flexibility index (Phi) is 13.3. The van der Waals surface area contributed by atoms with Crippen molar-refractivity contribution in [2.45, 2.75) is 53.4 Å². The van der Waals surface area contributed by atoms with Crippen LogP contribution in [0.3, 0.4) is 0 Å². The molecule has 1 aromatic carbocycles. The number of benzene rings is 1. The molecular formula is C24H42N4O. The highest BCUT2D eigenvalue weighted by atomic mass is 16.1. The van der Waals surface area contributed by atoms with Crippen molar-refractivity contribution in [3.05, 3.63) is 54.4 Å². The molecule has 5 heteroatoms. The first-order valence-electron chi connectivity index (χ1n) is 10.5. The van der Waals surface area contributed by atoms with Gasteiger partial charge < -0.3 is 22.1 Å². The Morgan fingerprint density at radius 2 is 1.62 bits per heavy atom. The summed E-state index contributed by atoms with van der Waals surface area (Å²) in [5, 5.41) is 5.69. The number of hydrogen-bond donors (Lipinski definition) is 4. The van der Waals surface area contributed by atoms with Crippen molar-refractivity contribution in [1.29, 1.82) is 0 Å². The first-order valence-corrected chi connectivity index (χ1v) is 10.5. The van der Waals surface area contributed by atoms with Crippen molar-refractivity contribution < 1.29 is 4.79 Å². The van der Waals surface area contributed by atoms with Gasteiger partial charge in [0.15, 0.2) is 0 Å². The van der Waals surface area contributed by atoms with Crippen molar-refractivity contribution in [2.75, 3.05) is 13.6 Å². The number of amides is 1. The molecule has 1 atom stereocenters. The zero-order chi connectivity index (χ0) is 22.4. The summed E-state index contributed by atoms with van der Waals surface area (Å²) in [7, 11) is 1.69. The van der Waals surface area contributed by atoms with E-state index >= 15 is 0 Å². The predicted octanol–water partition coefficient (Wildman–Crippen LogP) is 4.01. The Balaban J connectivity index is 0.000000551. The molecule has 0 aliphatic rings. The number of nitrogens with one attached hydrogen (secondary N) is 2. The average molecular weight is 403 g/mol. The molecular weight excluding hydrogens is 360 g/mol. The molecule has 0 aliphatic carbocycles. The second kappa shape index (κ2) is 14.6. The van der Waals surface area contributed by atoms with E-state index in [9.17, 15) is 4.79 Å². The lowest BCUT2D eigenvalue weighted by atomic mass is 9.90. The molecule has 0 saturated heterocycles. The molecule has 0 aromatic heterocycles. The Labute approximate surface area is 178 Å². The van der Waals surface area contributed by atoms with Crippen LogP contribution in [0.15, 0.2) is 43.2 Å². The Bertz CT molecular complexity index is 620. The van der Waals surface area contributed by atoms with Crippen LogP contribution in [0.4, 0.5) is 0 Å². The third kappa shape index (κ3) is 12.6. The van der Waals surface area contributed by atoms with Gasteiger partial charge in [0.25, 0.3) is 0 Å². The second-order valence-corrected chi connectivity index (χ2v) is 8.23. The monoisotopic (exact) mass is 402 g/mol. The SMILES string of the molecule is C=C(N)NCCCC[C@@H](C(=O)NC)C(C)C.C=C(N)c1ccc(CC(C)C)cc1. The highest BCUT2D eigenvalue weighted by Gasteiger charge is 2.20. The van der Waals surface area contributed by atoms with E-state index in [-0.39, 0.29) is 11.8 Å². The molecule has 0 saturated carbocycles. The van der Waals surface area contributed by atoms with Crippen LogP contribution < -0.4 is 22.1 Å². The van der Waals surface area contributed by atoms with Gasteiger partial charge in [-0.1, -0.05) is 71.5 Å². The van der Waals surface area contributed by atoms with Gasteiger partial charge >= 0.3 is 0 Å². The van der Waals surface area contributed by atoms with E-state index in [1.807, 2.05) is 12.1 Å². The number of nitrogens with two attached hydrogens (primary N) is 2. The topological polar surface area (TPSA) is 93.2 Å². The van der Waals surface area contributed by atoms with Gasteiger partial charge in [-0.3, -0.25) is 4.79 Å². The highest BCUT2D eigenvalue weighted by Crippen LogP contribution is 2.18. The summed E-state index contributed by atoms with van der Waals surface area (Å²) in [5.74, 6) is 1.85. The Hall–Kier alpha value is -2.43. The largest absolute Gasteiger partial charge is 0.399 e. The molecule has 5 nitrogen and oxygen atoms in total. The summed E-state index contributed by atoms with van der Waals surface area (Å²) in [6.07, 6.45) is 4.08. The summed E-state index contributed by atoms with van der Waals surface area (Å²) < 4.78 is 0. The van der Waals surface area contributed by atoms with Crippen LogP contribution >= 0.6 is 0 Å². The number of hydrogen-bond acceptors (Lipinski definition) is 4. The maximum absolute atomic E-state index is 11.6. The quantitative estimate of drug-likeness (QED) is 0.421. The first kappa shape index (κ1) is 26.6. The first-order chi connectivity index (χ1) is 13.6.